The molecular weight excluding hydrogens is 386 g/mol. The molecule has 0 saturated carbocycles. The van der Waals surface area contributed by atoms with Gasteiger partial charge in [0.1, 0.15) is 35.2 Å². The minimum Gasteiger partial charge on any atom is -0.496 e. The molecular formula is C22H21N3O5. The molecule has 0 aliphatic rings. The highest BCUT2D eigenvalue weighted by atomic mass is 16.5. The van der Waals surface area contributed by atoms with Crippen molar-refractivity contribution in [3.05, 3.63) is 78.0 Å². The summed E-state index contributed by atoms with van der Waals surface area (Å²) in [6.45, 7) is 0.408. The molecule has 3 aromatic rings. The Morgan fingerprint density at radius 2 is 1.60 bits per heavy atom. The Balaban J connectivity index is 1.58. The van der Waals surface area contributed by atoms with Gasteiger partial charge in [0.15, 0.2) is 0 Å². The number of benzene rings is 2. The van der Waals surface area contributed by atoms with Crippen molar-refractivity contribution >= 4 is 17.8 Å². The van der Waals surface area contributed by atoms with Gasteiger partial charge in [-0.15, -0.1) is 0 Å². The molecule has 1 heterocycles. The molecule has 0 spiro atoms. The number of hydrogen-bond donors (Lipinski definition) is 2. The summed E-state index contributed by atoms with van der Waals surface area (Å²) in [4.78, 5) is 28.8. The normalized spacial score (nSPS) is 10.1. The SMILES string of the molecule is COc1cccc(OC)c1C(=O)NC(=O)Nc1ccc(OCc2ccccc2)cn1. The van der Waals surface area contributed by atoms with Gasteiger partial charge in [0.2, 0.25) is 0 Å². The van der Waals surface area contributed by atoms with Crippen LogP contribution in [-0.4, -0.2) is 31.1 Å². The van der Waals surface area contributed by atoms with Crippen molar-refractivity contribution in [2.45, 2.75) is 6.61 Å². The van der Waals surface area contributed by atoms with E-state index in [-0.39, 0.29) is 22.9 Å². The van der Waals surface area contributed by atoms with Gasteiger partial charge in [-0.2, -0.15) is 0 Å². The van der Waals surface area contributed by atoms with Crippen molar-refractivity contribution in [1.29, 1.82) is 0 Å². The Morgan fingerprint density at radius 3 is 2.20 bits per heavy atom. The number of urea groups is 1. The molecule has 2 N–H and O–H groups in total. The van der Waals surface area contributed by atoms with Crippen LogP contribution in [0.25, 0.3) is 0 Å². The van der Waals surface area contributed by atoms with E-state index >= 15 is 0 Å². The number of carbonyl (C=O) groups is 2. The molecule has 0 fully saturated rings. The average Bonchev–Trinajstić information content (AvgIpc) is 2.78. The van der Waals surface area contributed by atoms with E-state index in [4.69, 9.17) is 14.2 Å². The minimum absolute atomic E-state index is 0.121. The average molecular weight is 407 g/mol. The highest BCUT2D eigenvalue weighted by molar-refractivity contribution is 6.10. The summed E-state index contributed by atoms with van der Waals surface area (Å²) in [5.41, 5.74) is 1.15. The van der Waals surface area contributed by atoms with Crippen LogP contribution in [0.1, 0.15) is 15.9 Å². The number of pyridine rings is 1. The molecule has 1 aromatic heterocycles. The monoisotopic (exact) mass is 407 g/mol. The molecule has 2 aromatic carbocycles. The Kier molecular flexibility index (Phi) is 6.83. The van der Waals surface area contributed by atoms with Gasteiger partial charge in [-0.05, 0) is 29.8 Å². The third-order valence-corrected chi connectivity index (χ3v) is 4.11. The molecule has 8 nitrogen and oxygen atoms in total. The largest absolute Gasteiger partial charge is 0.496 e. The van der Waals surface area contributed by atoms with Crippen molar-refractivity contribution in [3.63, 3.8) is 0 Å². The second-order valence-corrected chi connectivity index (χ2v) is 6.10. The van der Waals surface area contributed by atoms with Crippen LogP contribution < -0.4 is 24.8 Å². The van der Waals surface area contributed by atoms with Crippen molar-refractivity contribution in [2.75, 3.05) is 19.5 Å². The zero-order valence-corrected chi connectivity index (χ0v) is 16.5. The Bertz CT molecular complexity index is 985. The second kappa shape index (κ2) is 9.92. The number of amides is 3. The fourth-order valence-electron chi connectivity index (χ4n) is 2.67. The summed E-state index contributed by atoms with van der Waals surface area (Å²) >= 11 is 0. The summed E-state index contributed by atoms with van der Waals surface area (Å²) in [5, 5.41) is 4.73. The summed E-state index contributed by atoms with van der Waals surface area (Å²) in [5.74, 6) is 0.735. The first-order valence-corrected chi connectivity index (χ1v) is 9.07. The molecule has 154 valence electrons. The zero-order chi connectivity index (χ0) is 21.3. The van der Waals surface area contributed by atoms with E-state index in [1.165, 1.54) is 20.4 Å². The lowest BCUT2D eigenvalue weighted by Gasteiger charge is -2.13. The third-order valence-electron chi connectivity index (χ3n) is 4.11. The number of aromatic nitrogens is 1. The number of hydrogen-bond acceptors (Lipinski definition) is 6. The van der Waals surface area contributed by atoms with Crippen LogP contribution in [0.5, 0.6) is 17.2 Å². The molecule has 3 amide bonds. The molecule has 0 bridgehead atoms. The third kappa shape index (κ3) is 5.26. The summed E-state index contributed by atoms with van der Waals surface area (Å²) in [7, 11) is 2.86. The van der Waals surface area contributed by atoms with Gasteiger partial charge in [0.05, 0.1) is 20.4 Å². The molecule has 0 radical (unpaired) electrons. The van der Waals surface area contributed by atoms with E-state index < -0.39 is 11.9 Å². The summed E-state index contributed by atoms with van der Waals surface area (Å²) in [6.07, 6.45) is 1.49. The predicted octanol–water partition coefficient (Wildman–Crippen LogP) is 3.64. The standard InChI is InChI=1S/C22H21N3O5/c1-28-17-9-6-10-18(29-2)20(17)21(26)25-22(27)24-19-12-11-16(13-23-19)30-14-15-7-4-3-5-8-15/h3-13H,14H2,1-2H3,(H2,23,24,25,26,27). The van der Waals surface area contributed by atoms with Gasteiger partial charge < -0.3 is 14.2 Å². The number of imide groups is 1. The molecule has 0 aliphatic carbocycles. The van der Waals surface area contributed by atoms with Crippen LogP contribution in [0.3, 0.4) is 0 Å². The van der Waals surface area contributed by atoms with E-state index in [0.29, 0.717) is 12.4 Å². The molecule has 30 heavy (non-hydrogen) atoms. The van der Waals surface area contributed by atoms with E-state index in [2.05, 4.69) is 15.6 Å². The molecule has 0 atom stereocenters. The van der Waals surface area contributed by atoms with E-state index in [0.717, 1.165) is 5.56 Å². The van der Waals surface area contributed by atoms with Crippen molar-refractivity contribution in [2.24, 2.45) is 0 Å². The molecule has 0 aliphatic heterocycles. The van der Waals surface area contributed by atoms with Gasteiger partial charge in [-0.3, -0.25) is 15.4 Å². The zero-order valence-electron chi connectivity index (χ0n) is 16.5. The quantitative estimate of drug-likeness (QED) is 0.620. The van der Waals surface area contributed by atoms with Gasteiger partial charge in [-0.25, -0.2) is 9.78 Å². The predicted molar refractivity (Wildman–Crippen MR) is 111 cm³/mol. The second-order valence-electron chi connectivity index (χ2n) is 6.10. The van der Waals surface area contributed by atoms with Crippen molar-refractivity contribution in [1.82, 2.24) is 10.3 Å². The van der Waals surface area contributed by atoms with Crippen LogP contribution in [0, 0.1) is 0 Å². The number of carbonyl (C=O) groups excluding carboxylic acids is 2. The number of ether oxygens (including phenoxy) is 3. The highest BCUT2D eigenvalue weighted by Crippen LogP contribution is 2.28. The fraction of sp³-hybridized carbons (Fsp3) is 0.136. The van der Waals surface area contributed by atoms with E-state index in [9.17, 15) is 9.59 Å². The number of nitrogens with zero attached hydrogens (tertiary/aromatic N) is 1. The lowest BCUT2D eigenvalue weighted by molar-refractivity contribution is 0.0961. The van der Waals surface area contributed by atoms with E-state index in [1.54, 1.807) is 30.3 Å². The number of anilines is 1. The lowest BCUT2D eigenvalue weighted by Crippen LogP contribution is -2.35. The van der Waals surface area contributed by atoms with Gasteiger partial charge in [0.25, 0.3) is 5.91 Å². The Hall–Kier alpha value is -4.07. The number of methoxy groups -OCH3 is 2. The van der Waals surface area contributed by atoms with Gasteiger partial charge in [0, 0.05) is 0 Å². The van der Waals surface area contributed by atoms with Crippen LogP contribution in [0.4, 0.5) is 10.6 Å². The van der Waals surface area contributed by atoms with Gasteiger partial charge in [-0.1, -0.05) is 36.4 Å². The van der Waals surface area contributed by atoms with Crippen LogP contribution in [0.2, 0.25) is 0 Å². The smallest absolute Gasteiger partial charge is 0.327 e. The maximum absolute atomic E-state index is 12.5. The number of rotatable bonds is 7. The highest BCUT2D eigenvalue weighted by Gasteiger charge is 2.20. The fourth-order valence-corrected chi connectivity index (χ4v) is 2.67. The maximum atomic E-state index is 12.5. The topological polar surface area (TPSA) is 98.8 Å². The first kappa shape index (κ1) is 20.7. The van der Waals surface area contributed by atoms with Crippen molar-refractivity contribution in [3.8, 4) is 17.2 Å². The van der Waals surface area contributed by atoms with Crippen molar-refractivity contribution < 1.29 is 23.8 Å². The molecule has 0 saturated heterocycles. The Morgan fingerprint density at radius 1 is 0.900 bits per heavy atom. The van der Waals surface area contributed by atoms with Crippen LogP contribution in [-0.2, 0) is 6.61 Å². The first-order chi connectivity index (χ1) is 14.6. The minimum atomic E-state index is -0.738. The van der Waals surface area contributed by atoms with Crippen LogP contribution >= 0.6 is 0 Å². The Labute approximate surface area is 173 Å². The van der Waals surface area contributed by atoms with Gasteiger partial charge >= 0.3 is 6.03 Å². The van der Waals surface area contributed by atoms with E-state index in [1.807, 2.05) is 30.3 Å². The summed E-state index contributed by atoms with van der Waals surface area (Å²) in [6, 6.07) is 17.1. The maximum Gasteiger partial charge on any atom is 0.327 e. The van der Waals surface area contributed by atoms with Crippen LogP contribution in [0.15, 0.2) is 66.9 Å². The lowest BCUT2D eigenvalue weighted by atomic mass is 10.1. The summed E-state index contributed by atoms with van der Waals surface area (Å²) < 4.78 is 16.0. The molecule has 3 rings (SSSR count). The molecule has 0 unspecified atom stereocenters. The number of nitrogens with one attached hydrogen (secondary N) is 2. The first-order valence-electron chi connectivity index (χ1n) is 9.07. The molecule has 8 heteroatoms.